The number of hydrogen-bond donors (Lipinski definition) is 1. The van der Waals surface area contributed by atoms with Crippen molar-refractivity contribution in [3.05, 3.63) is 51.2 Å². The maximum absolute atomic E-state index is 12.6. The number of fused-ring (bicyclic) bond motifs is 1. The summed E-state index contributed by atoms with van der Waals surface area (Å²) in [6, 6.07) is 9.50. The molecule has 1 aromatic carbocycles. The number of para-hydroxylation sites is 1. The number of amides is 1. The molecule has 0 bridgehead atoms. The number of anilines is 1. The Morgan fingerprint density at radius 3 is 2.71 bits per heavy atom. The van der Waals surface area contributed by atoms with Gasteiger partial charge in [-0.3, -0.25) is 9.59 Å². The Bertz CT molecular complexity index is 781. The van der Waals surface area contributed by atoms with Crippen LogP contribution >= 0.6 is 11.3 Å². The van der Waals surface area contributed by atoms with Gasteiger partial charge >= 0.3 is 5.97 Å². The SMILES string of the molecule is Cc1cc(CCCC(=O)N2CC(C(=O)O)c3ccccc32)c(C)s1. The summed E-state index contributed by atoms with van der Waals surface area (Å²) in [6.45, 7) is 4.45. The van der Waals surface area contributed by atoms with Crippen LogP contribution in [0.15, 0.2) is 30.3 Å². The molecule has 1 aliphatic heterocycles. The number of carboxylic acid groups (broad SMARTS) is 1. The third-order valence-corrected chi connectivity index (χ3v) is 5.56. The molecule has 24 heavy (non-hydrogen) atoms. The summed E-state index contributed by atoms with van der Waals surface area (Å²) in [5, 5.41) is 9.38. The summed E-state index contributed by atoms with van der Waals surface area (Å²) in [6.07, 6.45) is 2.11. The van der Waals surface area contributed by atoms with E-state index in [4.69, 9.17) is 0 Å². The molecular formula is C19H21NO3S. The number of carbonyl (C=O) groups excluding carboxylic acids is 1. The number of aliphatic carboxylic acids is 1. The molecule has 1 atom stereocenters. The van der Waals surface area contributed by atoms with Gasteiger partial charge in [0.2, 0.25) is 5.91 Å². The second-order valence-electron chi connectivity index (χ2n) is 6.25. The molecule has 0 radical (unpaired) electrons. The van der Waals surface area contributed by atoms with E-state index in [9.17, 15) is 14.7 Å². The lowest BCUT2D eigenvalue weighted by Crippen LogP contribution is -2.31. The van der Waals surface area contributed by atoms with Crippen molar-refractivity contribution in [2.24, 2.45) is 0 Å². The molecule has 1 N–H and O–H groups in total. The summed E-state index contributed by atoms with van der Waals surface area (Å²) >= 11 is 1.79. The van der Waals surface area contributed by atoms with Crippen LogP contribution < -0.4 is 4.90 Å². The van der Waals surface area contributed by atoms with Crippen molar-refractivity contribution < 1.29 is 14.7 Å². The molecular weight excluding hydrogens is 322 g/mol. The lowest BCUT2D eigenvalue weighted by atomic mass is 10.0. The Balaban J connectivity index is 1.65. The largest absolute Gasteiger partial charge is 0.481 e. The van der Waals surface area contributed by atoms with Gasteiger partial charge in [0.1, 0.15) is 5.92 Å². The zero-order valence-electron chi connectivity index (χ0n) is 13.9. The number of nitrogens with zero attached hydrogens (tertiary/aromatic N) is 1. The van der Waals surface area contributed by atoms with E-state index < -0.39 is 11.9 Å². The van der Waals surface area contributed by atoms with Crippen molar-refractivity contribution in [1.29, 1.82) is 0 Å². The quantitative estimate of drug-likeness (QED) is 0.896. The minimum atomic E-state index is -0.873. The standard InChI is InChI=1S/C19H21NO3S/c1-12-10-14(13(2)24-12)6-5-9-18(21)20-11-16(19(22)23)15-7-3-4-8-17(15)20/h3-4,7-8,10,16H,5-6,9,11H2,1-2H3,(H,22,23). The fourth-order valence-corrected chi connectivity index (χ4v) is 4.33. The predicted molar refractivity (Wildman–Crippen MR) is 95.9 cm³/mol. The molecule has 5 heteroatoms. The van der Waals surface area contributed by atoms with Gasteiger partial charge in [0.25, 0.3) is 0 Å². The smallest absolute Gasteiger partial charge is 0.312 e. The van der Waals surface area contributed by atoms with Crippen molar-refractivity contribution in [3.63, 3.8) is 0 Å². The van der Waals surface area contributed by atoms with Gasteiger partial charge in [-0.1, -0.05) is 18.2 Å². The van der Waals surface area contributed by atoms with Crippen molar-refractivity contribution in [1.82, 2.24) is 0 Å². The molecule has 2 aromatic rings. The number of rotatable bonds is 5. The van der Waals surface area contributed by atoms with Crippen LogP contribution in [0.5, 0.6) is 0 Å². The van der Waals surface area contributed by atoms with Crippen molar-refractivity contribution in [2.75, 3.05) is 11.4 Å². The van der Waals surface area contributed by atoms with Gasteiger partial charge < -0.3 is 10.0 Å². The van der Waals surface area contributed by atoms with Crippen LogP contribution in [0.25, 0.3) is 0 Å². The molecule has 1 aliphatic rings. The zero-order valence-corrected chi connectivity index (χ0v) is 14.7. The molecule has 0 spiro atoms. The molecule has 0 saturated carbocycles. The summed E-state index contributed by atoms with van der Waals surface area (Å²) in [5.41, 5.74) is 2.80. The van der Waals surface area contributed by atoms with E-state index in [0.29, 0.717) is 6.42 Å². The summed E-state index contributed by atoms with van der Waals surface area (Å²) in [4.78, 5) is 28.3. The van der Waals surface area contributed by atoms with Gasteiger partial charge in [-0.25, -0.2) is 0 Å². The summed E-state index contributed by atoms with van der Waals surface area (Å²) in [5.74, 6) is -1.48. The fraction of sp³-hybridized carbons (Fsp3) is 0.368. The van der Waals surface area contributed by atoms with E-state index in [1.165, 1.54) is 15.3 Å². The average molecular weight is 343 g/mol. The Morgan fingerprint density at radius 2 is 2.04 bits per heavy atom. The molecule has 126 valence electrons. The Hall–Kier alpha value is -2.14. The highest BCUT2D eigenvalue weighted by molar-refractivity contribution is 7.12. The maximum atomic E-state index is 12.6. The molecule has 0 saturated heterocycles. The first-order valence-corrected chi connectivity index (χ1v) is 8.97. The highest BCUT2D eigenvalue weighted by Crippen LogP contribution is 2.36. The van der Waals surface area contributed by atoms with Crippen molar-refractivity contribution in [3.8, 4) is 0 Å². The lowest BCUT2D eigenvalue weighted by Gasteiger charge is -2.17. The Kier molecular flexibility index (Phi) is 4.71. The van der Waals surface area contributed by atoms with E-state index in [0.717, 1.165) is 24.1 Å². The first-order chi connectivity index (χ1) is 11.5. The Labute approximate surface area is 145 Å². The number of aryl methyl sites for hydroxylation is 3. The predicted octanol–water partition coefficient (Wildman–Crippen LogP) is 3.90. The lowest BCUT2D eigenvalue weighted by molar-refractivity contribution is -0.138. The number of hydrogen-bond acceptors (Lipinski definition) is 3. The topological polar surface area (TPSA) is 57.6 Å². The number of carbonyl (C=O) groups is 2. The van der Waals surface area contributed by atoms with Crippen LogP contribution in [0.3, 0.4) is 0 Å². The molecule has 1 unspecified atom stereocenters. The van der Waals surface area contributed by atoms with Gasteiger partial charge in [-0.2, -0.15) is 0 Å². The highest BCUT2D eigenvalue weighted by Gasteiger charge is 2.35. The third kappa shape index (κ3) is 3.22. The number of thiophene rings is 1. The monoisotopic (exact) mass is 343 g/mol. The van der Waals surface area contributed by atoms with Crippen molar-refractivity contribution in [2.45, 2.75) is 39.0 Å². The van der Waals surface area contributed by atoms with E-state index in [1.807, 2.05) is 18.2 Å². The van der Waals surface area contributed by atoms with Crippen LogP contribution in [-0.2, 0) is 16.0 Å². The second-order valence-corrected chi connectivity index (χ2v) is 7.71. The molecule has 2 heterocycles. The first-order valence-electron chi connectivity index (χ1n) is 8.15. The summed E-state index contributed by atoms with van der Waals surface area (Å²) in [7, 11) is 0. The molecule has 3 rings (SSSR count). The van der Waals surface area contributed by atoms with Gasteiger partial charge in [-0.15, -0.1) is 11.3 Å². The molecule has 0 aliphatic carbocycles. The van der Waals surface area contributed by atoms with Gasteiger partial charge in [0.05, 0.1) is 0 Å². The van der Waals surface area contributed by atoms with Crippen molar-refractivity contribution >= 4 is 28.9 Å². The van der Waals surface area contributed by atoms with Gasteiger partial charge in [-0.05, 0) is 49.9 Å². The third-order valence-electron chi connectivity index (χ3n) is 4.55. The number of carboxylic acids is 1. The molecule has 0 fully saturated rings. The van der Waals surface area contributed by atoms with Crippen LogP contribution in [0, 0.1) is 13.8 Å². The molecule has 1 amide bonds. The van der Waals surface area contributed by atoms with E-state index >= 15 is 0 Å². The highest BCUT2D eigenvalue weighted by atomic mass is 32.1. The fourth-order valence-electron chi connectivity index (χ4n) is 3.35. The van der Waals surface area contributed by atoms with E-state index in [2.05, 4.69) is 19.9 Å². The van der Waals surface area contributed by atoms with E-state index in [1.54, 1.807) is 22.3 Å². The average Bonchev–Trinajstić information content (AvgIpc) is 3.07. The molecule has 4 nitrogen and oxygen atoms in total. The summed E-state index contributed by atoms with van der Waals surface area (Å²) < 4.78 is 0. The van der Waals surface area contributed by atoms with Crippen LogP contribution in [0.1, 0.15) is 39.6 Å². The van der Waals surface area contributed by atoms with E-state index in [-0.39, 0.29) is 12.5 Å². The zero-order chi connectivity index (χ0) is 17.3. The maximum Gasteiger partial charge on any atom is 0.312 e. The minimum Gasteiger partial charge on any atom is -0.481 e. The van der Waals surface area contributed by atoms with Crippen LogP contribution in [-0.4, -0.2) is 23.5 Å². The normalized spacial score (nSPS) is 16.2. The van der Waals surface area contributed by atoms with Crippen LogP contribution in [0.4, 0.5) is 5.69 Å². The second kappa shape index (κ2) is 6.77. The van der Waals surface area contributed by atoms with Crippen LogP contribution in [0.2, 0.25) is 0 Å². The minimum absolute atomic E-state index is 0.0100. The Morgan fingerprint density at radius 1 is 1.29 bits per heavy atom. The van der Waals surface area contributed by atoms with Gasteiger partial charge in [0, 0.05) is 28.4 Å². The first kappa shape index (κ1) is 16.7. The van der Waals surface area contributed by atoms with Gasteiger partial charge in [0.15, 0.2) is 0 Å². The number of benzene rings is 1. The molecule has 1 aromatic heterocycles.